The number of phosphoric ester groups is 2. The van der Waals surface area contributed by atoms with Crippen LogP contribution in [0.2, 0.25) is 0 Å². The van der Waals surface area contributed by atoms with Crippen molar-refractivity contribution in [3.63, 3.8) is 0 Å². The maximum absolute atomic E-state index is 13.1. The topological polar surface area (TPSA) is 237 Å². The molecule has 0 aliphatic carbocycles. The fourth-order valence-electron chi connectivity index (χ4n) is 13.1. The van der Waals surface area contributed by atoms with Crippen molar-refractivity contribution < 1.29 is 80.2 Å². The Labute approximate surface area is 638 Å². The third kappa shape index (κ3) is 76.8. The van der Waals surface area contributed by atoms with E-state index in [0.717, 1.165) is 114 Å². The summed E-state index contributed by atoms with van der Waals surface area (Å²) in [5.41, 5.74) is 0. The Morgan fingerprint density at radius 2 is 0.462 bits per heavy atom. The van der Waals surface area contributed by atoms with Crippen molar-refractivity contribution in [1.29, 1.82) is 0 Å². The van der Waals surface area contributed by atoms with Gasteiger partial charge in [-0.15, -0.1) is 0 Å². The van der Waals surface area contributed by atoms with Crippen LogP contribution < -0.4 is 0 Å². The lowest BCUT2D eigenvalue weighted by Crippen LogP contribution is -2.30. The summed E-state index contributed by atoms with van der Waals surface area (Å²) in [5.74, 6) is 1.03. The molecule has 0 amide bonds. The molecule has 0 aromatic rings. The number of hydrogen-bond donors (Lipinski definition) is 3. The van der Waals surface area contributed by atoms with E-state index in [1.807, 2.05) is 0 Å². The van der Waals surface area contributed by atoms with Crippen molar-refractivity contribution in [1.82, 2.24) is 0 Å². The lowest BCUT2D eigenvalue weighted by atomic mass is 9.99. The Bertz CT molecular complexity index is 2030. The molecule has 104 heavy (non-hydrogen) atoms. The van der Waals surface area contributed by atoms with Crippen LogP contribution >= 0.6 is 15.6 Å². The first-order chi connectivity index (χ1) is 50.1. The summed E-state index contributed by atoms with van der Waals surface area (Å²) in [5, 5.41) is 10.7. The van der Waals surface area contributed by atoms with Gasteiger partial charge in [0.1, 0.15) is 19.3 Å². The molecular formula is C85H166O17P2. The molecule has 0 aliphatic rings. The smallest absolute Gasteiger partial charge is 0.462 e. The molecule has 3 N–H and O–H groups in total. The van der Waals surface area contributed by atoms with E-state index in [1.165, 1.54) is 238 Å². The van der Waals surface area contributed by atoms with E-state index < -0.39 is 97.5 Å². The molecule has 618 valence electrons. The van der Waals surface area contributed by atoms with Gasteiger partial charge in [-0.2, -0.15) is 0 Å². The minimum Gasteiger partial charge on any atom is -0.462 e. The number of aliphatic hydroxyl groups excluding tert-OH is 1. The molecule has 0 saturated carbocycles. The maximum Gasteiger partial charge on any atom is 0.472 e. The van der Waals surface area contributed by atoms with E-state index in [1.54, 1.807) is 0 Å². The highest BCUT2D eigenvalue weighted by atomic mass is 31.2. The van der Waals surface area contributed by atoms with Gasteiger partial charge in [0, 0.05) is 25.7 Å². The second kappa shape index (κ2) is 73.8. The van der Waals surface area contributed by atoms with Gasteiger partial charge in [0.2, 0.25) is 0 Å². The summed E-state index contributed by atoms with van der Waals surface area (Å²) in [4.78, 5) is 73.1. The van der Waals surface area contributed by atoms with Crippen LogP contribution in [-0.2, 0) is 65.4 Å². The third-order valence-corrected chi connectivity index (χ3v) is 22.1. The highest BCUT2D eigenvalue weighted by molar-refractivity contribution is 7.47. The van der Waals surface area contributed by atoms with Crippen molar-refractivity contribution in [2.45, 2.75) is 459 Å². The van der Waals surface area contributed by atoms with E-state index in [9.17, 15) is 43.2 Å². The van der Waals surface area contributed by atoms with Crippen LogP contribution in [0.1, 0.15) is 441 Å². The fraction of sp³-hybridized carbons (Fsp3) is 0.953. The largest absolute Gasteiger partial charge is 0.472 e. The quantitative estimate of drug-likeness (QED) is 0.0222. The van der Waals surface area contributed by atoms with Crippen LogP contribution in [-0.4, -0.2) is 96.7 Å². The monoisotopic (exact) mass is 1520 g/mol. The lowest BCUT2D eigenvalue weighted by molar-refractivity contribution is -0.161. The number of esters is 4. The molecule has 0 heterocycles. The fourth-order valence-corrected chi connectivity index (χ4v) is 14.7. The lowest BCUT2D eigenvalue weighted by Gasteiger charge is -2.21. The number of hydrogen-bond acceptors (Lipinski definition) is 15. The van der Waals surface area contributed by atoms with E-state index in [-0.39, 0.29) is 25.7 Å². The predicted octanol–water partition coefficient (Wildman–Crippen LogP) is 25.6. The Morgan fingerprint density at radius 1 is 0.269 bits per heavy atom. The number of carbonyl (C=O) groups excluding carboxylic acids is 4. The zero-order valence-electron chi connectivity index (χ0n) is 68.7. The molecule has 0 radical (unpaired) electrons. The van der Waals surface area contributed by atoms with Crippen molar-refractivity contribution in [2.24, 2.45) is 23.7 Å². The predicted molar refractivity (Wildman–Crippen MR) is 428 cm³/mol. The Morgan fingerprint density at radius 3 is 0.683 bits per heavy atom. The van der Waals surface area contributed by atoms with Gasteiger partial charge in [-0.3, -0.25) is 37.3 Å². The molecule has 0 aliphatic heterocycles. The molecule has 0 fully saturated rings. The van der Waals surface area contributed by atoms with Gasteiger partial charge in [0.25, 0.3) is 0 Å². The highest BCUT2D eigenvalue weighted by Crippen LogP contribution is 2.45. The molecule has 4 unspecified atom stereocenters. The zero-order chi connectivity index (χ0) is 76.7. The standard InChI is InChI=1S/C85H166O17P2/c1-9-78(8)64-56-48-40-32-28-29-35-43-52-60-68-85(90)101-80(71-95-82(87)65-57-49-41-33-26-22-18-13-11-10-12-16-20-24-30-37-45-53-61-75(2)3)73-99-103(91,92)97-69-79(86)70-98-104(93,94)100-74-81(72-96-83(88)66-58-50-44-36-39-47-55-63-77(6)7)102-84(89)67-59-51-42-34-27-23-19-15-14-17-21-25-31-38-46-54-62-76(4)5/h75-81,86H,9-74H2,1-8H3,(H,91,92)(H,93,94)/t78?,79?,80-,81-/m1/s1. The molecule has 0 rings (SSSR count). The van der Waals surface area contributed by atoms with Gasteiger partial charge in [0.05, 0.1) is 26.4 Å². The van der Waals surface area contributed by atoms with Gasteiger partial charge < -0.3 is 33.8 Å². The van der Waals surface area contributed by atoms with Crippen LogP contribution in [0.4, 0.5) is 0 Å². The number of ether oxygens (including phenoxy) is 4. The summed E-state index contributed by atoms with van der Waals surface area (Å²) in [6.45, 7) is 14.3. The van der Waals surface area contributed by atoms with Gasteiger partial charge in [-0.05, 0) is 49.4 Å². The first kappa shape index (κ1) is 102. The summed E-state index contributed by atoms with van der Waals surface area (Å²) in [7, 11) is -9.93. The SMILES string of the molecule is CCC(C)CCCCCCCCCCCCC(=O)O[C@H](COC(=O)CCCCCCCCCCCCCCCCCCCCC(C)C)COP(=O)(O)OCC(O)COP(=O)(O)OC[C@@H](COC(=O)CCCCCCCCCC(C)C)OC(=O)CCCCCCCCCCCCCCCCCCC(C)C. The first-order valence-corrected chi connectivity index (χ1v) is 46.7. The number of aliphatic hydroxyl groups is 1. The van der Waals surface area contributed by atoms with Gasteiger partial charge in [-0.25, -0.2) is 9.13 Å². The van der Waals surface area contributed by atoms with Gasteiger partial charge in [0.15, 0.2) is 12.2 Å². The number of carbonyl (C=O) groups is 4. The summed E-state index contributed by atoms with van der Waals surface area (Å²) < 4.78 is 68.8. The van der Waals surface area contributed by atoms with E-state index >= 15 is 0 Å². The highest BCUT2D eigenvalue weighted by Gasteiger charge is 2.30. The van der Waals surface area contributed by atoms with Crippen molar-refractivity contribution in [3.05, 3.63) is 0 Å². The number of phosphoric acid groups is 2. The molecular weight excluding hydrogens is 1350 g/mol. The average molecular weight is 1520 g/mol. The Hall–Kier alpha value is -1.94. The maximum atomic E-state index is 13.1. The van der Waals surface area contributed by atoms with E-state index in [2.05, 4.69) is 55.4 Å². The van der Waals surface area contributed by atoms with Crippen molar-refractivity contribution in [3.8, 4) is 0 Å². The minimum absolute atomic E-state index is 0.106. The summed E-state index contributed by atoms with van der Waals surface area (Å²) >= 11 is 0. The molecule has 0 spiro atoms. The molecule has 17 nitrogen and oxygen atoms in total. The van der Waals surface area contributed by atoms with E-state index in [0.29, 0.717) is 31.6 Å². The molecule has 6 atom stereocenters. The van der Waals surface area contributed by atoms with Crippen LogP contribution in [0, 0.1) is 23.7 Å². The zero-order valence-corrected chi connectivity index (χ0v) is 70.5. The van der Waals surface area contributed by atoms with Crippen LogP contribution in [0.5, 0.6) is 0 Å². The van der Waals surface area contributed by atoms with Gasteiger partial charge >= 0.3 is 39.5 Å². The number of unbranched alkanes of at least 4 members (excludes halogenated alkanes) is 47. The van der Waals surface area contributed by atoms with Crippen LogP contribution in [0.3, 0.4) is 0 Å². The second-order valence-electron chi connectivity index (χ2n) is 32.2. The normalized spacial score (nSPS) is 14.2. The molecule has 0 aromatic heterocycles. The molecule has 19 heteroatoms. The first-order valence-electron chi connectivity index (χ1n) is 43.7. The average Bonchev–Trinajstić information content (AvgIpc) is 0.911. The van der Waals surface area contributed by atoms with Crippen LogP contribution in [0.25, 0.3) is 0 Å². The molecule has 0 aromatic carbocycles. The van der Waals surface area contributed by atoms with E-state index in [4.69, 9.17) is 37.0 Å². The molecule has 0 bridgehead atoms. The minimum atomic E-state index is -4.96. The Balaban J connectivity index is 5.19. The Kier molecular flexibility index (Phi) is 72.5. The summed E-state index contributed by atoms with van der Waals surface area (Å²) in [6, 6.07) is 0. The van der Waals surface area contributed by atoms with Crippen molar-refractivity contribution in [2.75, 3.05) is 39.6 Å². The van der Waals surface area contributed by atoms with Crippen LogP contribution in [0.15, 0.2) is 0 Å². The van der Waals surface area contributed by atoms with Gasteiger partial charge in [-0.1, -0.05) is 389 Å². The third-order valence-electron chi connectivity index (χ3n) is 20.2. The van der Waals surface area contributed by atoms with Crippen molar-refractivity contribution >= 4 is 39.5 Å². The molecule has 0 saturated heterocycles. The summed E-state index contributed by atoms with van der Waals surface area (Å²) in [6.07, 6.45) is 62.6. The number of rotatable bonds is 82. The second-order valence-corrected chi connectivity index (χ2v) is 35.2.